The fraction of sp³-hybridized carbons (Fsp3) is 0.600. The molecule has 0 spiro atoms. The molecule has 106 valence electrons. The van der Waals surface area contributed by atoms with Gasteiger partial charge in [0.05, 0.1) is 12.2 Å². The van der Waals surface area contributed by atoms with E-state index in [1.54, 1.807) is 0 Å². The van der Waals surface area contributed by atoms with E-state index in [1.807, 2.05) is 19.1 Å². The minimum absolute atomic E-state index is 0.254. The van der Waals surface area contributed by atoms with Gasteiger partial charge in [0, 0.05) is 29.0 Å². The summed E-state index contributed by atoms with van der Waals surface area (Å²) in [5, 5.41) is 13.7. The summed E-state index contributed by atoms with van der Waals surface area (Å²) in [6.07, 6.45) is 2.74. The average molecular weight is 328 g/mol. The third-order valence-corrected chi connectivity index (χ3v) is 4.02. The Kier molecular flexibility index (Phi) is 4.87. The zero-order valence-corrected chi connectivity index (χ0v) is 13.2. The summed E-state index contributed by atoms with van der Waals surface area (Å²) in [6, 6.07) is 6.34. The van der Waals surface area contributed by atoms with Gasteiger partial charge in [0.15, 0.2) is 0 Å². The fourth-order valence-corrected chi connectivity index (χ4v) is 2.93. The van der Waals surface area contributed by atoms with Gasteiger partial charge in [-0.05, 0) is 31.5 Å². The van der Waals surface area contributed by atoms with Crippen LogP contribution >= 0.6 is 15.9 Å². The predicted octanol–water partition coefficient (Wildman–Crippen LogP) is 3.41. The maximum Gasteiger partial charge on any atom is 0.124 e. The van der Waals surface area contributed by atoms with E-state index in [2.05, 4.69) is 34.2 Å². The van der Waals surface area contributed by atoms with Crippen molar-refractivity contribution >= 4 is 15.9 Å². The van der Waals surface area contributed by atoms with E-state index in [9.17, 15) is 5.11 Å². The number of nitrogens with one attached hydrogen (secondary N) is 1. The van der Waals surface area contributed by atoms with E-state index in [-0.39, 0.29) is 6.04 Å². The third-order valence-electron chi connectivity index (χ3n) is 3.53. The average Bonchev–Trinajstić information content (AvgIpc) is 2.36. The van der Waals surface area contributed by atoms with Crippen molar-refractivity contribution in [3.63, 3.8) is 0 Å². The highest BCUT2D eigenvalue weighted by Crippen LogP contribution is 2.34. The quantitative estimate of drug-likeness (QED) is 0.870. The number of fused-ring (bicyclic) bond motifs is 1. The molecule has 2 atom stereocenters. The number of hydrogen-bond donors (Lipinski definition) is 2. The molecule has 0 fully saturated rings. The van der Waals surface area contributed by atoms with Crippen LogP contribution in [0.1, 0.15) is 44.7 Å². The highest BCUT2D eigenvalue weighted by Gasteiger charge is 2.25. The molecule has 1 heterocycles. The van der Waals surface area contributed by atoms with Gasteiger partial charge in [0.2, 0.25) is 0 Å². The molecule has 3 nitrogen and oxygen atoms in total. The minimum Gasteiger partial charge on any atom is -0.493 e. The summed E-state index contributed by atoms with van der Waals surface area (Å²) in [7, 11) is 0. The first-order valence-electron chi connectivity index (χ1n) is 6.90. The molecule has 0 bridgehead atoms. The highest BCUT2D eigenvalue weighted by atomic mass is 79.9. The SMILES string of the molecule is CCCC(C)(O)CNC1CCOc2ccc(Br)cc21. The van der Waals surface area contributed by atoms with E-state index in [0.29, 0.717) is 6.54 Å². The largest absolute Gasteiger partial charge is 0.493 e. The van der Waals surface area contributed by atoms with Crippen LogP contribution in [-0.2, 0) is 0 Å². The van der Waals surface area contributed by atoms with Gasteiger partial charge < -0.3 is 15.2 Å². The molecule has 0 amide bonds. The van der Waals surface area contributed by atoms with Crippen LogP contribution in [0.2, 0.25) is 0 Å². The summed E-state index contributed by atoms with van der Waals surface area (Å²) in [4.78, 5) is 0. The Bertz CT molecular complexity index is 434. The molecule has 4 heteroatoms. The van der Waals surface area contributed by atoms with Crippen LogP contribution in [-0.4, -0.2) is 23.9 Å². The number of ether oxygens (including phenoxy) is 1. The lowest BCUT2D eigenvalue weighted by molar-refractivity contribution is 0.0454. The molecule has 2 rings (SSSR count). The van der Waals surface area contributed by atoms with Crippen molar-refractivity contribution in [2.45, 2.75) is 44.8 Å². The van der Waals surface area contributed by atoms with E-state index in [1.165, 1.54) is 5.56 Å². The predicted molar refractivity (Wildman–Crippen MR) is 80.5 cm³/mol. The lowest BCUT2D eigenvalue weighted by Gasteiger charge is -2.31. The number of aliphatic hydroxyl groups is 1. The Hall–Kier alpha value is -0.580. The second-order valence-corrected chi connectivity index (χ2v) is 6.42. The maximum atomic E-state index is 10.2. The summed E-state index contributed by atoms with van der Waals surface area (Å²) >= 11 is 3.50. The molecule has 1 aliphatic heterocycles. The Morgan fingerprint density at radius 2 is 2.32 bits per heavy atom. The van der Waals surface area contributed by atoms with E-state index >= 15 is 0 Å². The lowest BCUT2D eigenvalue weighted by atomic mass is 9.97. The zero-order chi connectivity index (χ0) is 13.9. The monoisotopic (exact) mass is 327 g/mol. The van der Waals surface area contributed by atoms with Crippen molar-refractivity contribution < 1.29 is 9.84 Å². The van der Waals surface area contributed by atoms with Gasteiger partial charge >= 0.3 is 0 Å². The van der Waals surface area contributed by atoms with Crippen molar-refractivity contribution in [2.75, 3.05) is 13.2 Å². The Balaban J connectivity index is 2.05. The maximum absolute atomic E-state index is 10.2. The van der Waals surface area contributed by atoms with Gasteiger partial charge in [-0.25, -0.2) is 0 Å². The van der Waals surface area contributed by atoms with Gasteiger partial charge in [0.1, 0.15) is 5.75 Å². The smallest absolute Gasteiger partial charge is 0.124 e. The summed E-state index contributed by atoms with van der Waals surface area (Å²) < 4.78 is 6.72. The normalized spacial score (nSPS) is 21.4. The number of halogens is 1. The number of benzene rings is 1. The minimum atomic E-state index is -0.640. The molecular weight excluding hydrogens is 306 g/mol. The highest BCUT2D eigenvalue weighted by molar-refractivity contribution is 9.10. The third kappa shape index (κ3) is 3.94. The van der Waals surface area contributed by atoms with Crippen molar-refractivity contribution in [1.29, 1.82) is 0 Å². The first-order valence-corrected chi connectivity index (χ1v) is 7.69. The molecule has 2 N–H and O–H groups in total. The summed E-state index contributed by atoms with van der Waals surface area (Å²) in [5.41, 5.74) is 0.534. The van der Waals surface area contributed by atoms with Crippen molar-refractivity contribution in [3.8, 4) is 5.75 Å². The van der Waals surface area contributed by atoms with E-state index in [4.69, 9.17) is 4.74 Å². The molecule has 1 aliphatic rings. The number of rotatable bonds is 5. The van der Waals surface area contributed by atoms with Crippen LogP contribution in [0.25, 0.3) is 0 Å². The van der Waals surface area contributed by atoms with Crippen LogP contribution in [0.3, 0.4) is 0 Å². The van der Waals surface area contributed by atoms with Crippen molar-refractivity contribution in [1.82, 2.24) is 5.32 Å². The van der Waals surface area contributed by atoms with E-state index < -0.39 is 5.60 Å². The van der Waals surface area contributed by atoms with Gasteiger partial charge in [-0.3, -0.25) is 0 Å². The Morgan fingerprint density at radius 3 is 3.05 bits per heavy atom. The van der Waals surface area contributed by atoms with Crippen LogP contribution in [0, 0.1) is 0 Å². The molecule has 0 aromatic heterocycles. The molecule has 2 unspecified atom stereocenters. The van der Waals surface area contributed by atoms with E-state index in [0.717, 1.165) is 36.1 Å². The second-order valence-electron chi connectivity index (χ2n) is 5.50. The second kappa shape index (κ2) is 6.25. The van der Waals surface area contributed by atoms with Crippen molar-refractivity contribution in [3.05, 3.63) is 28.2 Å². The standard InChI is InChI=1S/C15H22BrNO2/c1-3-7-15(2,18)10-17-13-6-8-19-14-5-4-11(16)9-12(13)14/h4-5,9,13,17-18H,3,6-8,10H2,1-2H3. The molecule has 19 heavy (non-hydrogen) atoms. The molecule has 1 aromatic carbocycles. The first kappa shape index (κ1) is 14.8. The van der Waals surface area contributed by atoms with Crippen molar-refractivity contribution in [2.24, 2.45) is 0 Å². The fourth-order valence-electron chi connectivity index (χ4n) is 2.55. The number of hydrogen-bond acceptors (Lipinski definition) is 3. The topological polar surface area (TPSA) is 41.5 Å². The van der Waals surface area contributed by atoms with Crippen LogP contribution in [0.5, 0.6) is 5.75 Å². The van der Waals surface area contributed by atoms with Gasteiger partial charge in [-0.15, -0.1) is 0 Å². The van der Waals surface area contributed by atoms with Gasteiger partial charge in [0.25, 0.3) is 0 Å². The van der Waals surface area contributed by atoms with Crippen LogP contribution in [0.4, 0.5) is 0 Å². The first-order chi connectivity index (χ1) is 9.02. The summed E-state index contributed by atoms with van der Waals surface area (Å²) in [6.45, 7) is 5.32. The Labute approximate surface area is 123 Å². The molecular formula is C15H22BrNO2. The van der Waals surface area contributed by atoms with Crippen LogP contribution in [0.15, 0.2) is 22.7 Å². The molecule has 0 saturated carbocycles. The molecule has 0 radical (unpaired) electrons. The van der Waals surface area contributed by atoms with Gasteiger partial charge in [-0.1, -0.05) is 29.3 Å². The summed E-state index contributed by atoms with van der Waals surface area (Å²) in [5.74, 6) is 0.946. The zero-order valence-electron chi connectivity index (χ0n) is 11.6. The molecule has 0 aliphatic carbocycles. The Morgan fingerprint density at radius 1 is 1.53 bits per heavy atom. The molecule has 0 saturated heterocycles. The van der Waals surface area contributed by atoms with Crippen LogP contribution < -0.4 is 10.1 Å². The lowest BCUT2D eigenvalue weighted by Crippen LogP contribution is -2.40. The molecule has 1 aromatic rings. The van der Waals surface area contributed by atoms with Gasteiger partial charge in [-0.2, -0.15) is 0 Å².